The zero-order valence-corrected chi connectivity index (χ0v) is 20.0. The van der Waals surface area contributed by atoms with Crippen LogP contribution >= 0.6 is 23.1 Å². The van der Waals surface area contributed by atoms with Crippen molar-refractivity contribution >= 4 is 63.9 Å². The van der Waals surface area contributed by atoms with Crippen molar-refractivity contribution in [2.45, 2.75) is 17.7 Å². The van der Waals surface area contributed by atoms with Crippen molar-refractivity contribution in [3.05, 3.63) is 65.2 Å². The summed E-state index contributed by atoms with van der Waals surface area (Å²) in [6.45, 7) is 1.43. The van der Waals surface area contributed by atoms with E-state index < -0.39 is 5.97 Å². The summed E-state index contributed by atoms with van der Waals surface area (Å²) >= 11 is 2.64. The van der Waals surface area contributed by atoms with E-state index >= 15 is 0 Å². The maximum absolute atomic E-state index is 12.3. The second-order valence-electron chi connectivity index (χ2n) is 6.99. The highest BCUT2D eigenvalue weighted by Crippen LogP contribution is 2.23. The third-order valence-electron chi connectivity index (χ3n) is 4.28. The topological polar surface area (TPSA) is 126 Å². The van der Waals surface area contributed by atoms with Crippen molar-refractivity contribution in [2.75, 3.05) is 28.8 Å². The van der Waals surface area contributed by atoms with Crippen molar-refractivity contribution in [3.8, 4) is 0 Å². The van der Waals surface area contributed by atoms with E-state index in [0.717, 1.165) is 0 Å². The summed E-state index contributed by atoms with van der Waals surface area (Å²) in [5.74, 6) is -0.879. The molecule has 0 saturated carbocycles. The Hall–Kier alpha value is -3.70. The molecular weight excluding hydrogens is 476 g/mol. The summed E-state index contributed by atoms with van der Waals surface area (Å²) in [7, 11) is 1.31. The van der Waals surface area contributed by atoms with Crippen LogP contribution in [0, 0.1) is 0 Å². The Morgan fingerprint density at radius 2 is 1.44 bits per heavy atom. The first-order chi connectivity index (χ1) is 16.3. The lowest BCUT2D eigenvalue weighted by Crippen LogP contribution is -2.15. The molecule has 1 aromatic heterocycles. The molecule has 0 atom stereocenters. The van der Waals surface area contributed by atoms with E-state index in [9.17, 15) is 19.2 Å². The third-order valence-corrected chi connectivity index (χ3v) is 6.35. The van der Waals surface area contributed by atoms with E-state index in [-0.39, 0.29) is 29.9 Å². The molecular formula is C23H22N4O5S2. The van der Waals surface area contributed by atoms with Crippen molar-refractivity contribution in [3.63, 3.8) is 0 Å². The van der Waals surface area contributed by atoms with Crippen molar-refractivity contribution in [1.82, 2.24) is 4.98 Å². The van der Waals surface area contributed by atoms with Crippen LogP contribution in [0.15, 0.2) is 58.3 Å². The van der Waals surface area contributed by atoms with Crippen LogP contribution in [0.3, 0.4) is 0 Å². The van der Waals surface area contributed by atoms with Gasteiger partial charge in [0.15, 0.2) is 4.34 Å². The number of hydrogen-bond acceptors (Lipinski definition) is 8. The number of thioether (sulfide) groups is 1. The van der Waals surface area contributed by atoms with Crippen LogP contribution < -0.4 is 16.0 Å². The van der Waals surface area contributed by atoms with Gasteiger partial charge in [-0.15, -0.1) is 11.3 Å². The van der Waals surface area contributed by atoms with Crippen molar-refractivity contribution in [1.29, 1.82) is 0 Å². The number of aromatic nitrogens is 1. The highest BCUT2D eigenvalue weighted by molar-refractivity contribution is 8.01. The molecule has 0 unspecified atom stereocenters. The molecule has 3 rings (SSSR count). The number of carbonyl (C=O) groups is 4. The molecule has 1 heterocycles. The molecule has 0 aliphatic rings. The predicted octanol–water partition coefficient (Wildman–Crippen LogP) is 3.80. The van der Waals surface area contributed by atoms with E-state index in [0.29, 0.717) is 32.7 Å². The molecule has 9 nitrogen and oxygen atoms in total. The Morgan fingerprint density at radius 1 is 0.882 bits per heavy atom. The largest absolute Gasteiger partial charge is 0.465 e. The summed E-state index contributed by atoms with van der Waals surface area (Å²) < 4.78 is 5.33. The van der Waals surface area contributed by atoms with Gasteiger partial charge in [0.05, 0.1) is 30.5 Å². The van der Waals surface area contributed by atoms with Crippen LogP contribution in [0.1, 0.15) is 23.0 Å². The normalized spacial score (nSPS) is 10.3. The predicted molar refractivity (Wildman–Crippen MR) is 132 cm³/mol. The van der Waals surface area contributed by atoms with Crippen LogP contribution in [0.25, 0.3) is 0 Å². The number of methoxy groups -OCH3 is 1. The van der Waals surface area contributed by atoms with E-state index in [1.807, 2.05) is 0 Å². The number of esters is 1. The van der Waals surface area contributed by atoms with Gasteiger partial charge in [0.2, 0.25) is 17.7 Å². The Kier molecular flexibility index (Phi) is 8.77. The number of anilines is 3. The van der Waals surface area contributed by atoms with E-state index in [2.05, 4.69) is 25.7 Å². The molecule has 34 heavy (non-hydrogen) atoms. The Bertz CT molecular complexity index is 1180. The van der Waals surface area contributed by atoms with E-state index in [1.54, 1.807) is 53.9 Å². The first-order valence-electron chi connectivity index (χ1n) is 10.1. The molecule has 0 bridgehead atoms. The summed E-state index contributed by atoms with van der Waals surface area (Å²) in [5, 5.41) is 9.98. The van der Waals surface area contributed by atoms with Gasteiger partial charge in [-0.2, -0.15) is 0 Å². The average molecular weight is 499 g/mol. The van der Waals surface area contributed by atoms with E-state index in [1.165, 1.54) is 37.1 Å². The molecule has 176 valence electrons. The Labute approximate surface area is 204 Å². The molecule has 0 saturated heterocycles. The van der Waals surface area contributed by atoms with Crippen LogP contribution in [0.5, 0.6) is 0 Å². The SMILES string of the molecule is COC(=O)c1ccc(NC(=O)Cc2csc(SCC(=O)Nc3ccc(NC(C)=O)cc3)n2)cc1. The zero-order chi connectivity index (χ0) is 24.5. The molecule has 0 fully saturated rings. The van der Waals surface area contributed by atoms with E-state index in [4.69, 9.17) is 0 Å². The van der Waals surface area contributed by atoms with Crippen LogP contribution in [0.2, 0.25) is 0 Å². The Balaban J connectivity index is 1.44. The van der Waals surface area contributed by atoms with Crippen LogP contribution in [0.4, 0.5) is 17.1 Å². The molecule has 0 spiro atoms. The fourth-order valence-electron chi connectivity index (χ4n) is 2.78. The monoisotopic (exact) mass is 498 g/mol. The summed E-state index contributed by atoms with van der Waals surface area (Å²) in [6, 6.07) is 13.2. The summed E-state index contributed by atoms with van der Waals surface area (Å²) in [6.07, 6.45) is 0.0860. The number of nitrogens with one attached hydrogen (secondary N) is 3. The molecule has 3 amide bonds. The maximum atomic E-state index is 12.3. The number of amides is 3. The molecule has 3 aromatic rings. The summed E-state index contributed by atoms with van der Waals surface area (Å²) in [5.41, 5.74) is 2.83. The fourth-order valence-corrected chi connectivity index (χ4v) is 4.42. The number of thiazole rings is 1. The van der Waals surface area contributed by atoms with Gasteiger partial charge >= 0.3 is 5.97 Å². The van der Waals surface area contributed by atoms with Crippen LogP contribution in [-0.4, -0.2) is 41.5 Å². The van der Waals surface area contributed by atoms with Gasteiger partial charge in [-0.3, -0.25) is 14.4 Å². The van der Waals surface area contributed by atoms with Gasteiger partial charge in [-0.1, -0.05) is 11.8 Å². The zero-order valence-electron chi connectivity index (χ0n) is 18.4. The minimum absolute atomic E-state index is 0.0860. The van der Waals surface area contributed by atoms with Gasteiger partial charge in [0.1, 0.15) is 0 Å². The quantitative estimate of drug-likeness (QED) is 0.303. The highest BCUT2D eigenvalue weighted by atomic mass is 32.2. The minimum Gasteiger partial charge on any atom is -0.465 e. The lowest BCUT2D eigenvalue weighted by molar-refractivity contribution is -0.116. The third kappa shape index (κ3) is 7.71. The Morgan fingerprint density at radius 3 is 2.03 bits per heavy atom. The number of hydrogen-bond donors (Lipinski definition) is 3. The smallest absolute Gasteiger partial charge is 0.337 e. The fraction of sp³-hybridized carbons (Fsp3) is 0.174. The first kappa shape index (κ1) is 24.9. The molecule has 11 heteroatoms. The van der Waals surface area contributed by atoms with Crippen LogP contribution in [-0.2, 0) is 25.5 Å². The van der Waals surface area contributed by atoms with Gasteiger partial charge in [0, 0.05) is 29.4 Å². The molecule has 2 aromatic carbocycles. The number of nitrogens with zero attached hydrogens (tertiary/aromatic N) is 1. The number of carbonyl (C=O) groups excluding carboxylic acids is 4. The minimum atomic E-state index is -0.445. The van der Waals surface area contributed by atoms with Gasteiger partial charge in [0.25, 0.3) is 0 Å². The second kappa shape index (κ2) is 12.0. The maximum Gasteiger partial charge on any atom is 0.337 e. The van der Waals surface area contributed by atoms with Gasteiger partial charge in [-0.25, -0.2) is 9.78 Å². The second-order valence-corrected chi connectivity index (χ2v) is 9.07. The van der Waals surface area contributed by atoms with Gasteiger partial charge < -0.3 is 20.7 Å². The first-order valence-corrected chi connectivity index (χ1v) is 11.9. The van der Waals surface area contributed by atoms with Crippen molar-refractivity contribution in [2.24, 2.45) is 0 Å². The van der Waals surface area contributed by atoms with Crippen molar-refractivity contribution < 1.29 is 23.9 Å². The number of benzene rings is 2. The molecule has 3 N–H and O–H groups in total. The highest BCUT2D eigenvalue weighted by Gasteiger charge is 2.11. The summed E-state index contributed by atoms with van der Waals surface area (Å²) in [4.78, 5) is 51.4. The number of rotatable bonds is 9. The lowest BCUT2D eigenvalue weighted by Gasteiger charge is -2.06. The molecule has 0 aliphatic carbocycles. The molecule has 0 radical (unpaired) electrons. The standard InChI is InChI=1S/C23H22N4O5S2/c1-14(28)24-16-7-9-18(10-8-16)26-21(30)13-34-23-27-19(12-33-23)11-20(29)25-17-5-3-15(4-6-17)22(31)32-2/h3-10,12H,11,13H2,1-2H3,(H,24,28)(H,25,29)(H,26,30). The lowest BCUT2D eigenvalue weighted by atomic mass is 10.2. The molecule has 0 aliphatic heterocycles. The van der Waals surface area contributed by atoms with Gasteiger partial charge in [-0.05, 0) is 48.5 Å². The average Bonchev–Trinajstić information content (AvgIpc) is 3.25. The number of ether oxygens (including phenoxy) is 1.